The van der Waals surface area contributed by atoms with Crippen LogP contribution in [0.2, 0.25) is 0 Å². The van der Waals surface area contributed by atoms with Gasteiger partial charge in [-0.25, -0.2) is 0 Å². The minimum Gasteiger partial charge on any atom is -0.455 e. The average Bonchev–Trinajstić information content (AvgIpc) is 3.24. The normalized spacial score (nSPS) is 12.8. The Labute approximate surface area is 158 Å². The highest BCUT2D eigenvalue weighted by Gasteiger charge is 2.17. The Balaban J connectivity index is 1.84. The van der Waals surface area contributed by atoms with E-state index in [1.165, 1.54) is 20.5 Å². The number of furan rings is 1. The van der Waals surface area contributed by atoms with Gasteiger partial charge in [0.2, 0.25) is 0 Å². The van der Waals surface area contributed by atoms with E-state index in [0.717, 1.165) is 44.3 Å². The van der Waals surface area contributed by atoms with Gasteiger partial charge in [-0.2, -0.15) is 0 Å². The van der Waals surface area contributed by atoms with E-state index in [9.17, 15) is 0 Å². The summed E-state index contributed by atoms with van der Waals surface area (Å²) in [6.07, 6.45) is 1.72. The van der Waals surface area contributed by atoms with E-state index >= 15 is 0 Å². The molecule has 0 spiro atoms. The summed E-state index contributed by atoms with van der Waals surface area (Å²) in [5.41, 5.74) is 6.42. The molecule has 2 nitrogen and oxygen atoms in total. The molecule has 0 aliphatic rings. The van der Waals surface area contributed by atoms with Crippen molar-refractivity contribution in [3.63, 3.8) is 0 Å². The summed E-state index contributed by atoms with van der Waals surface area (Å²) in [7, 11) is 0. The van der Waals surface area contributed by atoms with Gasteiger partial charge in [-0.1, -0.05) is 12.1 Å². The molecule has 0 amide bonds. The van der Waals surface area contributed by atoms with Gasteiger partial charge in [0.15, 0.2) is 0 Å². The van der Waals surface area contributed by atoms with Crippen molar-refractivity contribution in [1.82, 2.24) is 4.98 Å². The number of thiophene rings is 1. The first kappa shape index (κ1) is 13.5. The molecule has 5 aromatic rings. The van der Waals surface area contributed by atoms with Crippen LogP contribution >= 0.6 is 11.3 Å². The second-order valence-corrected chi connectivity index (χ2v) is 7.98. The molecular formula is C23H19NOS. The smallest absolute Gasteiger partial charge is 0.144 e. The highest BCUT2D eigenvalue weighted by molar-refractivity contribution is 7.19. The Morgan fingerprint density at radius 2 is 1.85 bits per heavy atom. The predicted octanol–water partition coefficient (Wildman–Crippen LogP) is 7.10. The van der Waals surface area contributed by atoms with E-state index in [4.69, 9.17) is 7.16 Å². The second-order valence-electron chi connectivity index (χ2n) is 6.72. The monoisotopic (exact) mass is 359 g/mol. The molecule has 0 aliphatic heterocycles. The minimum absolute atomic E-state index is 0.144. The van der Waals surface area contributed by atoms with Gasteiger partial charge in [0, 0.05) is 40.2 Å². The number of benzene rings is 2. The summed E-state index contributed by atoms with van der Waals surface area (Å²) in [6.45, 7) is 4.60. The molecular weight excluding hydrogens is 338 g/mol. The van der Waals surface area contributed by atoms with Crippen molar-refractivity contribution in [2.75, 3.05) is 0 Å². The van der Waals surface area contributed by atoms with Crippen LogP contribution < -0.4 is 0 Å². The Morgan fingerprint density at radius 1 is 1.00 bits per heavy atom. The Bertz CT molecular complexity index is 1370. The van der Waals surface area contributed by atoms with Crippen molar-refractivity contribution < 1.29 is 7.16 Å². The van der Waals surface area contributed by atoms with Crippen LogP contribution in [0.4, 0.5) is 0 Å². The standard InChI is InChI=1S/C23H19NOS/c1-12-10-19(24-11-13(12)2)18-7-5-6-16-17-8-9-20-21(14(3)15(4)26-20)23(17)25-22(16)18/h5-11H,1-4H3/i1D,2D. The van der Waals surface area contributed by atoms with E-state index in [0.29, 0.717) is 0 Å². The maximum Gasteiger partial charge on any atom is 0.144 e. The van der Waals surface area contributed by atoms with Crippen LogP contribution in [0.5, 0.6) is 0 Å². The highest BCUT2D eigenvalue weighted by atomic mass is 32.1. The third-order valence-electron chi connectivity index (χ3n) is 5.15. The maximum absolute atomic E-state index is 7.78. The van der Waals surface area contributed by atoms with Crippen LogP contribution in [-0.4, -0.2) is 4.98 Å². The number of pyridine rings is 1. The SMILES string of the molecule is [2H]Cc1cnc(-c2cccc3c2oc2c3ccc3sc(C)c(C)c32)cc1C[2H]. The molecule has 0 aliphatic carbocycles. The van der Waals surface area contributed by atoms with Gasteiger partial charge in [0.05, 0.1) is 5.69 Å². The molecule has 0 unspecified atom stereocenters. The molecule has 0 bridgehead atoms. The zero-order valence-corrected chi connectivity index (χ0v) is 15.5. The Hall–Kier alpha value is -2.65. The van der Waals surface area contributed by atoms with Gasteiger partial charge in [0.25, 0.3) is 0 Å². The zero-order chi connectivity index (χ0) is 19.4. The summed E-state index contributed by atoms with van der Waals surface area (Å²) in [4.78, 5) is 5.89. The first-order chi connectivity index (χ1) is 13.6. The van der Waals surface area contributed by atoms with Crippen LogP contribution in [0.3, 0.4) is 0 Å². The third kappa shape index (κ3) is 2.07. The Morgan fingerprint density at radius 3 is 2.69 bits per heavy atom. The highest BCUT2D eigenvalue weighted by Crippen LogP contribution is 2.42. The molecule has 3 heterocycles. The molecule has 5 rings (SSSR count). The van der Waals surface area contributed by atoms with Gasteiger partial charge < -0.3 is 4.42 Å². The average molecular weight is 359 g/mol. The number of para-hydroxylation sites is 1. The summed E-state index contributed by atoms with van der Waals surface area (Å²) in [6, 6.07) is 12.4. The van der Waals surface area contributed by atoms with Crippen molar-refractivity contribution in [3.05, 3.63) is 64.2 Å². The molecule has 0 radical (unpaired) electrons. The minimum atomic E-state index is 0.144. The molecule has 3 heteroatoms. The van der Waals surface area contributed by atoms with Crippen LogP contribution in [0, 0.1) is 27.6 Å². The van der Waals surface area contributed by atoms with Gasteiger partial charge in [-0.15, -0.1) is 11.3 Å². The van der Waals surface area contributed by atoms with Crippen LogP contribution in [0.1, 0.15) is 24.3 Å². The quantitative estimate of drug-likeness (QED) is 0.319. The number of hydrogen-bond acceptors (Lipinski definition) is 3. The summed E-state index contributed by atoms with van der Waals surface area (Å²) in [5, 5.41) is 3.40. The molecule has 128 valence electrons. The summed E-state index contributed by atoms with van der Waals surface area (Å²) < 4.78 is 23.1. The molecule has 2 aromatic carbocycles. The lowest BCUT2D eigenvalue weighted by Gasteiger charge is -2.05. The fourth-order valence-corrected chi connectivity index (χ4v) is 4.64. The number of aryl methyl sites for hydroxylation is 4. The van der Waals surface area contributed by atoms with Gasteiger partial charge >= 0.3 is 0 Å². The molecule has 0 saturated carbocycles. The topological polar surface area (TPSA) is 26.0 Å². The number of rotatable bonds is 1. The molecule has 26 heavy (non-hydrogen) atoms. The first-order valence-electron chi connectivity index (χ1n) is 9.94. The zero-order valence-electron chi connectivity index (χ0n) is 16.7. The van der Waals surface area contributed by atoms with E-state index in [1.54, 1.807) is 17.5 Å². The lowest BCUT2D eigenvalue weighted by Crippen LogP contribution is -1.88. The van der Waals surface area contributed by atoms with Crippen molar-refractivity contribution in [2.45, 2.75) is 27.6 Å². The van der Waals surface area contributed by atoms with Crippen molar-refractivity contribution in [2.24, 2.45) is 0 Å². The molecule has 3 aromatic heterocycles. The van der Waals surface area contributed by atoms with Crippen LogP contribution in [0.15, 0.2) is 47.0 Å². The van der Waals surface area contributed by atoms with E-state index in [1.807, 2.05) is 18.2 Å². The molecule has 0 fully saturated rings. The van der Waals surface area contributed by atoms with Gasteiger partial charge in [-0.3, -0.25) is 4.98 Å². The van der Waals surface area contributed by atoms with E-state index < -0.39 is 0 Å². The lowest BCUT2D eigenvalue weighted by molar-refractivity contribution is 0.673. The van der Waals surface area contributed by atoms with Crippen molar-refractivity contribution in [3.8, 4) is 11.3 Å². The number of aromatic nitrogens is 1. The summed E-state index contributed by atoms with van der Waals surface area (Å²) >= 11 is 1.80. The third-order valence-corrected chi connectivity index (χ3v) is 6.33. The summed E-state index contributed by atoms with van der Waals surface area (Å²) in [5.74, 6) is 0. The number of fused-ring (bicyclic) bond motifs is 5. The lowest BCUT2D eigenvalue weighted by atomic mass is 10.0. The molecule has 0 saturated heterocycles. The number of nitrogens with zero attached hydrogens (tertiary/aromatic N) is 1. The molecule has 0 N–H and O–H groups in total. The first-order valence-corrected chi connectivity index (χ1v) is 9.34. The van der Waals surface area contributed by atoms with E-state index in [2.05, 4.69) is 37.0 Å². The maximum atomic E-state index is 7.78. The van der Waals surface area contributed by atoms with Crippen molar-refractivity contribution >= 4 is 43.4 Å². The van der Waals surface area contributed by atoms with Gasteiger partial charge in [0.1, 0.15) is 11.2 Å². The second kappa shape index (κ2) is 5.42. The fraction of sp³-hybridized carbons (Fsp3) is 0.174. The predicted molar refractivity (Wildman–Crippen MR) is 111 cm³/mol. The fourth-order valence-electron chi connectivity index (χ4n) is 3.58. The van der Waals surface area contributed by atoms with Crippen LogP contribution in [-0.2, 0) is 0 Å². The molecule has 0 atom stereocenters. The van der Waals surface area contributed by atoms with Gasteiger partial charge in [-0.05, 0) is 68.6 Å². The van der Waals surface area contributed by atoms with E-state index in [-0.39, 0.29) is 13.8 Å². The van der Waals surface area contributed by atoms with Crippen molar-refractivity contribution in [1.29, 1.82) is 0 Å². The number of hydrogen-bond donors (Lipinski definition) is 0. The van der Waals surface area contributed by atoms with Crippen LogP contribution in [0.25, 0.3) is 43.3 Å². The largest absolute Gasteiger partial charge is 0.455 e. The Kier molecular flexibility index (Phi) is 2.82.